The second-order valence-corrected chi connectivity index (χ2v) is 6.06. The molecule has 0 unspecified atom stereocenters. The Morgan fingerprint density at radius 1 is 1.24 bits per heavy atom. The number of rotatable bonds is 8. The molecule has 116 valence electrons. The van der Waals surface area contributed by atoms with Crippen LogP contribution in [0.4, 0.5) is 0 Å². The van der Waals surface area contributed by atoms with Gasteiger partial charge >= 0.3 is 0 Å². The molecule has 0 spiro atoms. The predicted molar refractivity (Wildman–Crippen MR) is 86.0 cm³/mol. The van der Waals surface area contributed by atoms with Crippen LogP contribution >= 0.6 is 0 Å². The van der Waals surface area contributed by atoms with Crippen molar-refractivity contribution in [2.75, 3.05) is 19.7 Å². The molecule has 1 aliphatic carbocycles. The zero-order valence-electron chi connectivity index (χ0n) is 13.3. The predicted octanol–water partition coefficient (Wildman–Crippen LogP) is 3.15. The lowest BCUT2D eigenvalue weighted by atomic mass is 9.90. The summed E-state index contributed by atoms with van der Waals surface area (Å²) in [5.41, 5.74) is 3.65. The first-order chi connectivity index (χ1) is 10.2. The molecule has 0 fully saturated rings. The van der Waals surface area contributed by atoms with E-state index in [1.54, 1.807) is 0 Å². The maximum atomic E-state index is 12.2. The molecule has 0 atom stereocenters. The molecular formula is C18H27NO2. The van der Waals surface area contributed by atoms with Gasteiger partial charge in [0.15, 0.2) is 5.78 Å². The standard InChI is InChI=1S/C18H27NO2/c1-14(2)21-11-5-10-19-13-18(20)17-9-8-15-6-3-4-7-16(15)12-17/h8-9,12,14,19H,3-7,10-11,13H2,1-2H3. The van der Waals surface area contributed by atoms with Crippen molar-refractivity contribution in [2.24, 2.45) is 0 Å². The van der Waals surface area contributed by atoms with E-state index < -0.39 is 0 Å². The number of fused-ring (bicyclic) bond motifs is 1. The average molecular weight is 289 g/mol. The quantitative estimate of drug-likeness (QED) is 0.590. The fourth-order valence-corrected chi connectivity index (χ4v) is 2.73. The van der Waals surface area contributed by atoms with Gasteiger partial charge in [0.25, 0.3) is 0 Å². The van der Waals surface area contributed by atoms with Crippen LogP contribution in [0.25, 0.3) is 0 Å². The lowest BCUT2D eigenvalue weighted by molar-refractivity contribution is 0.0767. The van der Waals surface area contributed by atoms with Crippen molar-refractivity contribution in [1.29, 1.82) is 0 Å². The Balaban J connectivity index is 1.73. The molecule has 1 N–H and O–H groups in total. The van der Waals surface area contributed by atoms with Gasteiger partial charge < -0.3 is 10.1 Å². The summed E-state index contributed by atoms with van der Waals surface area (Å²) in [6.45, 7) is 6.06. The molecule has 21 heavy (non-hydrogen) atoms. The lowest BCUT2D eigenvalue weighted by Crippen LogP contribution is -2.25. The van der Waals surface area contributed by atoms with Crippen molar-refractivity contribution in [1.82, 2.24) is 5.32 Å². The number of benzene rings is 1. The molecular weight excluding hydrogens is 262 g/mol. The van der Waals surface area contributed by atoms with Gasteiger partial charge in [-0.1, -0.05) is 12.1 Å². The first-order valence-corrected chi connectivity index (χ1v) is 8.14. The molecule has 0 heterocycles. The molecule has 1 aliphatic rings. The second-order valence-electron chi connectivity index (χ2n) is 6.06. The Morgan fingerprint density at radius 2 is 2.00 bits per heavy atom. The summed E-state index contributed by atoms with van der Waals surface area (Å²) >= 11 is 0. The Kier molecular flexibility index (Phi) is 6.40. The third-order valence-corrected chi connectivity index (χ3v) is 3.91. The first kappa shape index (κ1) is 16.2. The Hall–Kier alpha value is -1.19. The molecule has 0 aliphatic heterocycles. The molecule has 0 bridgehead atoms. The van der Waals surface area contributed by atoms with E-state index in [9.17, 15) is 4.79 Å². The van der Waals surface area contributed by atoms with Gasteiger partial charge in [0, 0.05) is 12.2 Å². The average Bonchev–Trinajstić information content (AvgIpc) is 2.49. The number of carbonyl (C=O) groups excluding carboxylic acids is 1. The van der Waals surface area contributed by atoms with Crippen molar-refractivity contribution in [3.8, 4) is 0 Å². The van der Waals surface area contributed by atoms with Crippen LogP contribution in [0.15, 0.2) is 18.2 Å². The Bertz CT molecular complexity index is 468. The van der Waals surface area contributed by atoms with E-state index in [-0.39, 0.29) is 11.9 Å². The third kappa shape index (κ3) is 5.25. The molecule has 0 radical (unpaired) electrons. The van der Waals surface area contributed by atoms with Gasteiger partial charge in [0.1, 0.15) is 0 Å². The molecule has 3 nitrogen and oxygen atoms in total. The Morgan fingerprint density at radius 3 is 2.76 bits per heavy atom. The minimum Gasteiger partial charge on any atom is -0.379 e. The molecule has 2 rings (SSSR count). The van der Waals surface area contributed by atoms with E-state index >= 15 is 0 Å². The summed E-state index contributed by atoms with van der Waals surface area (Å²) in [7, 11) is 0. The lowest BCUT2D eigenvalue weighted by Gasteiger charge is -2.16. The van der Waals surface area contributed by atoms with Crippen LogP contribution in [0, 0.1) is 0 Å². The normalized spacial score (nSPS) is 14.2. The highest BCUT2D eigenvalue weighted by Crippen LogP contribution is 2.22. The monoisotopic (exact) mass is 289 g/mol. The zero-order valence-corrected chi connectivity index (χ0v) is 13.3. The number of carbonyl (C=O) groups is 1. The van der Waals surface area contributed by atoms with Gasteiger partial charge in [-0.3, -0.25) is 4.79 Å². The molecule has 0 aromatic heterocycles. The molecule has 0 amide bonds. The van der Waals surface area contributed by atoms with E-state index in [2.05, 4.69) is 17.4 Å². The van der Waals surface area contributed by atoms with Crippen LogP contribution in [0.3, 0.4) is 0 Å². The van der Waals surface area contributed by atoms with Gasteiger partial charge in [0.05, 0.1) is 12.6 Å². The summed E-state index contributed by atoms with van der Waals surface area (Å²) in [4.78, 5) is 12.2. The number of hydrogen-bond donors (Lipinski definition) is 1. The summed E-state index contributed by atoms with van der Waals surface area (Å²) in [6, 6.07) is 6.22. The fraction of sp³-hybridized carbons (Fsp3) is 0.611. The van der Waals surface area contributed by atoms with Crippen LogP contribution in [0.1, 0.15) is 54.6 Å². The number of ketones is 1. The minimum atomic E-state index is 0.188. The van der Waals surface area contributed by atoms with Gasteiger partial charge in [0.2, 0.25) is 0 Å². The maximum absolute atomic E-state index is 12.2. The summed E-state index contributed by atoms with van der Waals surface area (Å²) in [5.74, 6) is 0.188. The topological polar surface area (TPSA) is 38.3 Å². The van der Waals surface area contributed by atoms with E-state index in [1.165, 1.54) is 24.0 Å². The van der Waals surface area contributed by atoms with Crippen LogP contribution in [0.2, 0.25) is 0 Å². The molecule has 0 saturated carbocycles. The van der Waals surface area contributed by atoms with Crippen LogP contribution in [0.5, 0.6) is 0 Å². The highest BCUT2D eigenvalue weighted by atomic mass is 16.5. The first-order valence-electron chi connectivity index (χ1n) is 8.14. The second kappa shape index (κ2) is 8.30. The van der Waals surface area contributed by atoms with Crippen LogP contribution in [-0.4, -0.2) is 31.6 Å². The van der Waals surface area contributed by atoms with Gasteiger partial charge in [-0.05, 0) is 69.7 Å². The molecule has 3 heteroatoms. The molecule has 1 aromatic carbocycles. The largest absolute Gasteiger partial charge is 0.379 e. The molecule has 1 aromatic rings. The molecule has 0 saturated heterocycles. The minimum absolute atomic E-state index is 0.188. The van der Waals surface area contributed by atoms with E-state index in [0.717, 1.165) is 38.0 Å². The highest BCUT2D eigenvalue weighted by molar-refractivity contribution is 5.97. The Labute approximate surface area is 128 Å². The van der Waals surface area contributed by atoms with Crippen LogP contribution < -0.4 is 5.32 Å². The van der Waals surface area contributed by atoms with Gasteiger partial charge in [-0.2, -0.15) is 0 Å². The van der Waals surface area contributed by atoms with Gasteiger partial charge in [-0.15, -0.1) is 0 Å². The number of nitrogens with one attached hydrogen (secondary N) is 1. The van der Waals surface area contributed by atoms with E-state index in [0.29, 0.717) is 6.54 Å². The smallest absolute Gasteiger partial charge is 0.176 e. The number of ether oxygens (including phenoxy) is 1. The zero-order chi connectivity index (χ0) is 15.1. The van der Waals surface area contributed by atoms with Crippen molar-refractivity contribution in [3.63, 3.8) is 0 Å². The van der Waals surface area contributed by atoms with Crippen molar-refractivity contribution < 1.29 is 9.53 Å². The van der Waals surface area contributed by atoms with E-state index in [4.69, 9.17) is 4.74 Å². The maximum Gasteiger partial charge on any atom is 0.176 e. The van der Waals surface area contributed by atoms with Gasteiger partial charge in [-0.25, -0.2) is 0 Å². The third-order valence-electron chi connectivity index (χ3n) is 3.91. The SMILES string of the molecule is CC(C)OCCCNCC(=O)c1ccc2c(c1)CCCC2. The number of hydrogen-bond acceptors (Lipinski definition) is 3. The highest BCUT2D eigenvalue weighted by Gasteiger charge is 2.12. The summed E-state index contributed by atoms with van der Waals surface area (Å²) in [6.07, 6.45) is 6.03. The summed E-state index contributed by atoms with van der Waals surface area (Å²) in [5, 5.41) is 3.21. The van der Waals surface area contributed by atoms with Crippen molar-refractivity contribution in [2.45, 2.75) is 52.1 Å². The van der Waals surface area contributed by atoms with Crippen LogP contribution in [-0.2, 0) is 17.6 Å². The fourth-order valence-electron chi connectivity index (χ4n) is 2.73. The van der Waals surface area contributed by atoms with Crippen molar-refractivity contribution in [3.05, 3.63) is 34.9 Å². The number of Topliss-reactive ketones (excluding diaryl/α,β-unsaturated/α-hetero) is 1. The van der Waals surface area contributed by atoms with Crippen molar-refractivity contribution >= 4 is 5.78 Å². The van der Waals surface area contributed by atoms with E-state index in [1.807, 2.05) is 19.9 Å². The summed E-state index contributed by atoms with van der Waals surface area (Å²) < 4.78 is 5.47. The number of aryl methyl sites for hydroxylation is 2.